The summed E-state index contributed by atoms with van der Waals surface area (Å²) < 4.78 is 36.3. The summed E-state index contributed by atoms with van der Waals surface area (Å²) in [6.07, 6.45) is 10.6. The van der Waals surface area contributed by atoms with Gasteiger partial charge in [0, 0.05) is 36.7 Å². The minimum atomic E-state index is -3.36. The molecule has 0 aromatic carbocycles. The Balaban J connectivity index is 1.44. The van der Waals surface area contributed by atoms with Gasteiger partial charge in [-0.2, -0.15) is 0 Å². The third-order valence-corrected chi connectivity index (χ3v) is 7.31. The van der Waals surface area contributed by atoms with Crippen molar-refractivity contribution in [2.24, 2.45) is 0 Å². The quantitative estimate of drug-likeness (QED) is 0.605. The Labute approximate surface area is 185 Å². The lowest BCUT2D eigenvalue weighted by molar-refractivity contribution is 0.111. The van der Waals surface area contributed by atoms with Crippen molar-refractivity contribution in [1.82, 2.24) is 24.9 Å². The number of fused-ring (bicyclic) bond motifs is 1. The van der Waals surface area contributed by atoms with Crippen LogP contribution >= 0.6 is 0 Å². The normalized spacial score (nSPS) is 20.6. The molecule has 166 valence electrons. The summed E-state index contributed by atoms with van der Waals surface area (Å²) in [6, 6.07) is 3.14. The molecule has 1 fully saturated rings. The zero-order chi connectivity index (χ0) is 22.1. The molecular weight excluding hydrogens is 430 g/mol. The van der Waals surface area contributed by atoms with E-state index in [1.807, 2.05) is 6.08 Å². The largest absolute Gasteiger partial charge is 0.484 e. The van der Waals surface area contributed by atoms with Crippen LogP contribution in [0.3, 0.4) is 0 Å². The van der Waals surface area contributed by atoms with Gasteiger partial charge in [-0.1, -0.05) is 6.92 Å². The zero-order valence-electron chi connectivity index (χ0n) is 17.6. The Hall–Kier alpha value is -3.11. The van der Waals surface area contributed by atoms with E-state index in [1.54, 1.807) is 31.6 Å². The van der Waals surface area contributed by atoms with Crippen LogP contribution in [-0.2, 0) is 21.0 Å². The number of aromatic nitrogens is 5. The second kappa shape index (κ2) is 8.44. The molecule has 4 heterocycles. The van der Waals surface area contributed by atoms with Crippen molar-refractivity contribution in [3.05, 3.63) is 53.9 Å². The van der Waals surface area contributed by atoms with Crippen molar-refractivity contribution in [3.8, 4) is 17.3 Å². The summed E-state index contributed by atoms with van der Waals surface area (Å²) in [5.41, 5.74) is 3.48. The van der Waals surface area contributed by atoms with Gasteiger partial charge in [-0.25, -0.2) is 23.4 Å². The lowest BCUT2D eigenvalue weighted by Gasteiger charge is -2.28. The van der Waals surface area contributed by atoms with Crippen LogP contribution in [0, 0.1) is 0 Å². The van der Waals surface area contributed by atoms with Gasteiger partial charge in [0.1, 0.15) is 17.5 Å². The van der Waals surface area contributed by atoms with E-state index in [4.69, 9.17) is 14.5 Å². The number of sulfone groups is 1. The molecule has 1 aliphatic carbocycles. The van der Waals surface area contributed by atoms with Gasteiger partial charge in [0.15, 0.2) is 20.7 Å². The first-order chi connectivity index (χ1) is 15.5. The number of H-pyrrole nitrogens is 1. The molecule has 2 aliphatic rings. The summed E-state index contributed by atoms with van der Waals surface area (Å²) in [7, 11) is -3.36. The fourth-order valence-electron chi connectivity index (χ4n) is 3.98. The number of hydrogen-bond acceptors (Lipinski definition) is 8. The fraction of sp³-hybridized carbons (Fsp3) is 0.364. The molecule has 2 unspecified atom stereocenters. The van der Waals surface area contributed by atoms with Crippen LogP contribution in [0.25, 0.3) is 17.6 Å². The van der Waals surface area contributed by atoms with Crippen LogP contribution in [-0.4, -0.2) is 57.9 Å². The third kappa shape index (κ3) is 4.03. The summed E-state index contributed by atoms with van der Waals surface area (Å²) in [6.45, 7) is 2.32. The molecule has 2 atom stereocenters. The van der Waals surface area contributed by atoms with E-state index in [1.165, 1.54) is 12.3 Å². The van der Waals surface area contributed by atoms with E-state index in [0.29, 0.717) is 23.7 Å². The second-order valence-electron chi connectivity index (χ2n) is 7.73. The van der Waals surface area contributed by atoms with Crippen molar-refractivity contribution < 1.29 is 17.9 Å². The highest BCUT2D eigenvalue weighted by Gasteiger charge is 2.33. The first kappa shape index (κ1) is 20.8. The number of aromatic amines is 1. The van der Waals surface area contributed by atoms with Crippen molar-refractivity contribution in [1.29, 1.82) is 0 Å². The molecule has 1 aliphatic heterocycles. The highest BCUT2D eigenvalue weighted by Crippen LogP contribution is 2.33. The van der Waals surface area contributed by atoms with Gasteiger partial charge in [-0.15, -0.1) is 0 Å². The Kier molecular flexibility index (Phi) is 5.48. The Morgan fingerprint density at radius 1 is 1.22 bits per heavy atom. The van der Waals surface area contributed by atoms with Gasteiger partial charge in [-0.3, -0.25) is 4.98 Å². The molecule has 0 amide bonds. The van der Waals surface area contributed by atoms with Crippen LogP contribution in [0.2, 0.25) is 0 Å². The molecule has 0 saturated carbocycles. The van der Waals surface area contributed by atoms with Crippen LogP contribution < -0.4 is 4.74 Å². The number of rotatable bonds is 6. The maximum atomic E-state index is 12.0. The molecule has 5 rings (SSSR count). The van der Waals surface area contributed by atoms with Gasteiger partial charge in [-0.05, 0) is 31.1 Å². The average Bonchev–Trinajstić information content (AvgIpc) is 3.49. The number of imidazole rings is 1. The summed E-state index contributed by atoms with van der Waals surface area (Å²) in [4.78, 5) is 20.6. The van der Waals surface area contributed by atoms with Gasteiger partial charge in [0.2, 0.25) is 0 Å². The van der Waals surface area contributed by atoms with Crippen molar-refractivity contribution in [2.45, 2.75) is 43.4 Å². The number of nitrogens with zero attached hydrogens (tertiary/aromatic N) is 4. The van der Waals surface area contributed by atoms with Gasteiger partial charge >= 0.3 is 0 Å². The Morgan fingerprint density at radius 3 is 2.81 bits per heavy atom. The molecule has 32 heavy (non-hydrogen) atoms. The van der Waals surface area contributed by atoms with Gasteiger partial charge in [0.05, 0.1) is 29.9 Å². The predicted molar refractivity (Wildman–Crippen MR) is 117 cm³/mol. The second-order valence-corrected chi connectivity index (χ2v) is 9.96. The van der Waals surface area contributed by atoms with Crippen molar-refractivity contribution >= 4 is 15.9 Å². The molecule has 3 aromatic heterocycles. The Morgan fingerprint density at radius 2 is 2.12 bits per heavy atom. The molecular formula is C22H23N5O4S. The molecule has 0 spiro atoms. The topological polar surface area (TPSA) is 120 Å². The third-order valence-electron chi connectivity index (χ3n) is 5.67. The lowest BCUT2D eigenvalue weighted by Crippen LogP contribution is -2.31. The zero-order valence-corrected chi connectivity index (χ0v) is 18.4. The number of nitrogens with one attached hydrogen (secondary N) is 1. The molecule has 10 heteroatoms. The first-order valence-corrected chi connectivity index (χ1v) is 12.2. The van der Waals surface area contributed by atoms with Crippen molar-refractivity contribution in [2.75, 3.05) is 12.4 Å². The molecule has 0 radical (unpaired) electrons. The molecule has 1 saturated heterocycles. The lowest BCUT2D eigenvalue weighted by atomic mass is 9.91. The van der Waals surface area contributed by atoms with Crippen LogP contribution in [0.4, 0.5) is 0 Å². The van der Waals surface area contributed by atoms with Crippen LogP contribution in [0.15, 0.2) is 47.5 Å². The summed E-state index contributed by atoms with van der Waals surface area (Å²) >= 11 is 0. The summed E-state index contributed by atoms with van der Waals surface area (Å²) in [5.74, 6) is 1.17. The van der Waals surface area contributed by atoms with Gasteiger partial charge in [0.25, 0.3) is 0 Å². The maximum Gasteiger partial charge on any atom is 0.195 e. The van der Waals surface area contributed by atoms with E-state index in [2.05, 4.69) is 19.9 Å². The fourth-order valence-corrected chi connectivity index (χ4v) is 4.76. The number of pyridine rings is 1. The van der Waals surface area contributed by atoms with Crippen LogP contribution in [0.1, 0.15) is 31.2 Å². The number of ether oxygens (including phenoxy) is 2. The van der Waals surface area contributed by atoms with E-state index in [9.17, 15) is 8.42 Å². The molecule has 0 bridgehead atoms. The smallest absolute Gasteiger partial charge is 0.195 e. The highest BCUT2D eigenvalue weighted by molar-refractivity contribution is 7.91. The molecule has 9 nitrogen and oxygen atoms in total. The minimum absolute atomic E-state index is 0.00542. The van der Waals surface area contributed by atoms with E-state index in [-0.39, 0.29) is 23.0 Å². The molecule has 1 N–H and O–H groups in total. The van der Waals surface area contributed by atoms with Gasteiger partial charge < -0.3 is 14.5 Å². The van der Waals surface area contributed by atoms with E-state index >= 15 is 0 Å². The minimum Gasteiger partial charge on any atom is -0.484 e. The van der Waals surface area contributed by atoms with Crippen molar-refractivity contribution in [3.63, 3.8) is 0 Å². The predicted octanol–water partition coefficient (Wildman–Crippen LogP) is 2.62. The number of hydrogen-bond donors (Lipinski definition) is 1. The monoisotopic (exact) mass is 453 g/mol. The average molecular weight is 454 g/mol. The standard InChI is InChI=1S/C22H23N5O4S/c1-2-32(28,29)21-6-5-14(12-25-21)31-20-11-17-16(10-15(20)19-4-3-9-30-19)26-22(27-17)18-13-23-7-8-24-18/h5-8,10,12-13,19-20H,2-4,9,11H2,1H3,(H,26,27). The molecule has 3 aromatic rings. The summed E-state index contributed by atoms with van der Waals surface area (Å²) in [5, 5.41) is 0.0513. The van der Waals surface area contributed by atoms with E-state index in [0.717, 1.165) is 36.4 Å². The Bertz CT molecular complexity index is 1230. The van der Waals surface area contributed by atoms with Crippen LogP contribution in [0.5, 0.6) is 5.75 Å². The maximum absolute atomic E-state index is 12.0. The van der Waals surface area contributed by atoms with E-state index < -0.39 is 9.84 Å². The SMILES string of the molecule is CCS(=O)(=O)c1ccc(OC2Cc3[nH]c(-c4cnccn4)nc3C=C2C2CCCO2)cn1. The highest BCUT2D eigenvalue weighted by atomic mass is 32.2. The first-order valence-electron chi connectivity index (χ1n) is 10.6.